The quantitative estimate of drug-likeness (QED) is 0.417. The van der Waals surface area contributed by atoms with Crippen LogP contribution in [0, 0.1) is 5.92 Å². The second kappa shape index (κ2) is 1.35. The molecule has 2 rings (SSSR count). The van der Waals surface area contributed by atoms with Crippen LogP contribution in [0.15, 0.2) is 12.2 Å². The van der Waals surface area contributed by atoms with E-state index >= 15 is 0 Å². The van der Waals surface area contributed by atoms with Crippen LogP contribution in [0.1, 0.15) is 6.42 Å². The summed E-state index contributed by atoms with van der Waals surface area (Å²) < 4.78 is 0. The first-order valence-electron chi connectivity index (χ1n) is 3.26. The Labute approximate surface area is 50.0 Å². The van der Waals surface area contributed by atoms with E-state index in [4.69, 9.17) is 0 Å². The van der Waals surface area contributed by atoms with Gasteiger partial charge in [-0.15, -0.1) is 0 Å². The van der Waals surface area contributed by atoms with Gasteiger partial charge in [0.1, 0.15) is 0 Å². The van der Waals surface area contributed by atoms with Crippen LogP contribution < -0.4 is 0 Å². The van der Waals surface area contributed by atoms with Crippen LogP contribution in [0.25, 0.3) is 0 Å². The highest BCUT2D eigenvalue weighted by Crippen LogP contribution is 2.30. The smallest absolute Gasteiger partial charge is 0.0193 e. The average molecular weight is 109 g/mol. The molecule has 0 spiro atoms. The third kappa shape index (κ3) is 0.451. The Kier molecular flexibility index (Phi) is 0.770. The first kappa shape index (κ1) is 4.57. The summed E-state index contributed by atoms with van der Waals surface area (Å²) in [5.74, 6) is 0.870. The molecule has 2 aliphatic heterocycles. The zero-order valence-corrected chi connectivity index (χ0v) is 5.06. The van der Waals surface area contributed by atoms with Gasteiger partial charge >= 0.3 is 0 Å². The van der Waals surface area contributed by atoms with E-state index in [9.17, 15) is 0 Å². The van der Waals surface area contributed by atoms with Gasteiger partial charge < -0.3 is 0 Å². The lowest BCUT2D eigenvalue weighted by Crippen LogP contribution is -2.17. The molecule has 0 aromatic carbocycles. The fourth-order valence-electron chi connectivity index (χ4n) is 1.73. The molecule has 8 heavy (non-hydrogen) atoms. The fourth-order valence-corrected chi connectivity index (χ4v) is 1.73. The van der Waals surface area contributed by atoms with E-state index < -0.39 is 0 Å². The van der Waals surface area contributed by atoms with E-state index in [-0.39, 0.29) is 0 Å². The molecule has 1 heteroatoms. The molecule has 2 atom stereocenters. The van der Waals surface area contributed by atoms with Gasteiger partial charge in [-0.25, -0.2) is 0 Å². The van der Waals surface area contributed by atoms with Crippen LogP contribution in [0.2, 0.25) is 0 Å². The lowest BCUT2D eigenvalue weighted by Gasteiger charge is -2.12. The molecule has 0 radical (unpaired) electrons. The number of hydrogen-bond donors (Lipinski definition) is 0. The second-order valence-corrected chi connectivity index (χ2v) is 2.88. The largest absolute Gasteiger partial charge is 0.299 e. The van der Waals surface area contributed by atoms with Gasteiger partial charge in [0.25, 0.3) is 0 Å². The van der Waals surface area contributed by atoms with Crippen molar-refractivity contribution in [2.75, 3.05) is 19.6 Å². The van der Waals surface area contributed by atoms with Crippen LogP contribution in [0.3, 0.4) is 0 Å². The summed E-state index contributed by atoms with van der Waals surface area (Å²) in [7, 11) is 0. The molecule has 0 N–H and O–H groups in total. The van der Waals surface area contributed by atoms with E-state index in [0.717, 1.165) is 5.92 Å². The minimum absolute atomic E-state index is 0.870. The van der Waals surface area contributed by atoms with Crippen LogP contribution in [0.5, 0.6) is 0 Å². The number of nitrogens with zero attached hydrogens (tertiary/aromatic N) is 1. The Morgan fingerprint density at radius 1 is 1.62 bits per heavy atom. The zero-order valence-electron chi connectivity index (χ0n) is 5.06. The first-order chi connectivity index (χ1) is 3.86. The van der Waals surface area contributed by atoms with Crippen molar-refractivity contribution in [2.24, 2.45) is 5.92 Å². The minimum atomic E-state index is 0.870. The molecule has 0 aromatic rings. The van der Waals surface area contributed by atoms with Gasteiger partial charge in [0, 0.05) is 13.1 Å². The molecule has 2 fully saturated rings. The molecule has 2 saturated heterocycles. The van der Waals surface area contributed by atoms with E-state index in [1.807, 2.05) is 0 Å². The second-order valence-electron chi connectivity index (χ2n) is 2.88. The van der Waals surface area contributed by atoms with Gasteiger partial charge in [0.15, 0.2) is 0 Å². The molecule has 0 saturated carbocycles. The normalized spacial score (nSPS) is 43.8. The number of hydrogen-bond acceptors (Lipinski definition) is 1. The fraction of sp³-hybridized carbons (Fsp3) is 0.714. The maximum Gasteiger partial charge on any atom is 0.0193 e. The van der Waals surface area contributed by atoms with E-state index in [2.05, 4.69) is 11.5 Å². The molecule has 44 valence electrons. The van der Waals surface area contributed by atoms with Crippen molar-refractivity contribution < 1.29 is 0 Å². The zero-order chi connectivity index (χ0) is 5.56. The number of piperidine rings is 1. The van der Waals surface area contributed by atoms with Crippen LogP contribution in [-0.4, -0.2) is 24.5 Å². The van der Waals surface area contributed by atoms with E-state index in [1.54, 1.807) is 0 Å². The Hall–Kier alpha value is -0.300. The van der Waals surface area contributed by atoms with Gasteiger partial charge in [-0.3, -0.25) is 4.90 Å². The van der Waals surface area contributed by atoms with Crippen molar-refractivity contribution in [1.82, 2.24) is 4.90 Å². The summed E-state index contributed by atoms with van der Waals surface area (Å²) in [5, 5.41) is 0. The number of fused-ring (bicyclic) bond motifs is 2. The van der Waals surface area contributed by atoms with Crippen molar-refractivity contribution in [3.63, 3.8) is 0 Å². The molecule has 0 aliphatic carbocycles. The highest BCUT2D eigenvalue weighted by Gasteiger charge is 2.31. The maximum absolute atomic E-state index is 4.00. The summed E-state index contributed by atoms with van der Waals surface area (Å²) in [4.78, 5) is 2.48. The molecule has 2 heterocycles. The Morgan fingerprint density at radius 2 is 2.50 bits per heavy atom. The van der Waals surface area contributed by atoms with Gasteiger partial charge in [-0.1, -0.05) is 12.2 Å². The molecule has 0 aromatic heterocycles. The maximum atomic E-state index is 4.00. The molecular weight excluding hydrogens is 98.1 g/mol. The highest BCUT2D eigenvalue weighted by molar-refractivity contribution is 5.13. The lowest BCUT2D eigenvalue weighted by molar-refractivity contribution is 0.392. The summed E-state index contributed by atoms with van der Waals surface area (Å²) in [6, 6.07) is 0. The van der Waals surface area contributed by atoms with Crippen molar-refractivity contribution in [1.29, 1.82) is 0 Å². The summed E-state index contributed by atoms with van der Waals surface area (Å²) in [6.07, 6.45) is 1.37. The molecule has 1 nitrogen and oxygen atoms in total. The molecule has 1 unspecified atom stereocenters. The molecule has 0 amide bonds. The summed E-state index contributed by atoms with van der Waals surface area (Å²) >= 11 is 0. The Morgan fingerprint density at radius 3 is 2.75 bits per heavy atom. The third-order valence-electron chi connectivity index (χ3n) is 2.28. The minimum Gasteiger partial charge on any atom is -0.299 e. The van der Waals surface area contributed by atoms with E-state index in [0.29, 0.717) is 0 Å². The van der Waals surface area contributed by atoms with Crippen molar-refractivity contribution >= 4 is 0 Å². The van der Waals surface area contributed by atoms with Gasteiger partial charge in [-0.05, 0) is 18.9 Å². The highest BCUT2D eigenvalue weighted by atomic mass is 15.2. The van der Waals surface area contributed by atoms with E-state index in [1.165, 1.54) is 31.6 Å². The summed E-state index contributed by atoms with van der Waals surface area (Å²) in [5.41, 5.74) is 1.47. The standard InChI is InChI=1S/C7H11N/c1-6-4-8-3-2-7(6)5-8/h7H,1-5H2/t7-/m0/s1. The molecule has 2 aliphatic rings. The first-order valence-corrected chi connectivity index (χ1v) is 3.26. The number of rotatable bonds is 0. The topological polar surface area (TPSA) is 3.24 Å². The predicted molar refractivity (Wildman–Crippen MR) is 33.7 cm³/mol. The van der Waals surface area contributed by atoms with Crippen molar-refractivity contribution in [2.45, 2.75) is 6.42 Å². The van der Waals surface area contributed by atoms with Gasteiger partial charge in [-0.2, -0.15) is 0 Å². The summed E-state index contributed by atoms with van der Waals surface area (Å²) in [6.45, 7) is 7.81. The third-order valence-corrected chi connectivity index (χ3v) is 2.28. The van der Waals surface area contributed by atoms with Gasteiger partial charge in [0.05, 0.1) is 0 Å². The Bertz CT molecular complexity index is 128. The Balaban J connectivity index is 2.22. The van der Waals surface area contributed by atoms with Crippen LogP contribution in [-0.2, 0) is 0 Å². The average Bonchev–Trinajstić information content (AvgIpc) is 2.23. The predicted octanol–water partition coefficient (Wildman–Crippen LogP) is 0.878. The SMILES string of the molecule is C=C1CN2CC[C@H]1C2. The molecular formula is C7H11N. The lowest BCUT2D eigenvalue weighted by atomic mass is 10.0. The monoisotopic (exact) mass is 109 g/mol. The van der Waals surface area contributed by atoms with Crippen molar-refractivity contribution in [3.05, 3.63) is 12.2 Å². The van der Waals surface area contributed by atoms with Gasteiger partial charge in [0.2, 0.25) is 0 Å². The van der Waals surface area contributed by atoms with Crippen LogP contribution >= 0.6 is 0 Å². The van der Waals surface area contributed by atoms with Crippen LogP contribution in [0.4, 0.5) is 0 Å². The molecule has 2 bridgehead atoms. The van der Waals surface area contributed by atoms with Crippen molar-refractivity contribution in [3.8, 4) is 0 Å².